The highest BCUT2D eigenvalue weighted by Gasteiger charge is 2.24. The van der Waals surface area contributed by atoms with Crippen LogP contribution in [-0.4, -0.2) is 39.2 Å². The molecule has 1 saturated heterocycles. The van der Waals surface area contributed by atoms with Gasteiger partial charge in [-0.1, -0.05) is 6.07 Å². The third kappa shape index (κ3) is 4.49. The van der Waals surface area contributed by atoms with Crippen LogP contribution in [0.25, 0.3) is 0 Å². The average Bonchev–Trinajstić information content (AvgIpc) is 3.12. The molecule has 2 aromatic rings. The van der Waals surface area contributed by atoms with E-state index in [9.17, 15) is 9.59 Å². The fourth-order valence-corrected chi connectivity index (χ4v) is 2.92. The van der Waals surface area contributed by atoms with Crippen molar-refractivity contribution in [3.05, 3.63) is 42.5 Å². The van der Waals surface area contributed by atoms with Crippen molar-refractivity contribution in [3.8, 4) is 17.2 Å². The molecule has 142 valence electrons. The molecule has 1 aliphatic heterocycles. The van der Waals surface area contributed by atoms with Gasteiger partial charge in [0.05, 0.1) is 19.9 Å². The Bertz CT molecular complexity index is 837. The van der Waals surface area contributed by atoms with E-state index in [1.807, 2.05) is 0 Å². The fraction of sp³-hybridized carbons (Fsp3) is 0.300. The summed E-state index contributed by atoms with van der Waals surface area (Å²) in [6, 6.07) is 12.3. The Labute approximate surface area is 157 Å². The van der Waals surface area contributed by atoms with Crippen LogP contribution in [0.4, 0.5) is 11.4 Å². The zero-order chi connectivity index (χ0) is 19.2. The van der Waals surface area contributed by atoms with E-state index in [-0.39, 0.29) is 18.4 Å². The van der Waals surface area contributed by atoms with Crippen LogP contribution in [0, 0.1) is 0 Å². The van der Waals surface area contributed by atoms with Crippen molar-refractivity contribution >= 4 is 23.2 Å². The third-order valence-corrected chi connectivity index (χ3v) is 4.24. The first-order valence-electron chi connectivity index (χ1n) is 8.66. The number of nitrogens with one attached hydrogen (secondary N) is 1. The van der Waals surface area contributed by atoms with Gasteiger partial charge in [-0.25, -0.2) is 0 Å². The van der Waals surface area contributed by atoms with Crippen molar-refractivity contribution in [1.29, 1.82) is 0 Å². The van der Waals surface area contributed by atoms with Crippen LogP contribution in [-0.2, 0) is 9.59 Å². The van der Waals surface area contributed by atoms with Gasteiger partial charge in [-0.3, -0.25) is 9.59 Å². The molecule has 1 fully saturated rings. The number of carbonyl (C=O) groups excluding carboxylic acids is 2. The summed E-state index contributed by atoms with van der Waals surface area (Å²) in [5.74, 6) is 1.52. The van der Waals surface area contributed by atoms with Crippen molar-refractivity contribution < 1.29 is 23.8 Å². The number of ether oxygens (including phenoxy) is 3. The third-order valence-electron chi connectivity index (χ3n) is 4.24. The molecule has 0 spiro atoms. The Hall–Kier alpha value is -3.22. The zero-order valence-corrected chi connectivity index (χ0v) is 15.4. The molecule has 1 N–H and O–H groups in total. The van der Waals surface area contributed by atoms with Crippen molar-refractivity contribution in [1.82, 2.24) is 0 Å². The normalized spacial score (nSPS) is 13.4. The van der Waals surface area contributed by atoms with Gasteiger partial charge in [0.15, 0.2) is 6.61 Å². The lowest BCUT2D eigenvalue weighted by atomic mass is 10.2. The predicted octanol–water partition coefficient (Wildman–Crippen LogP) is 2.85. The number of carbonyl (C=O) groups is 2. The minimum Gasteiger partial charge on any atom is -0.497 e. The number of hydrogen-bond acceptors (Lipinski definition) is 5. The number of methoxy groups -OCH3 is 2. The fourth-order valence-electron chi connectivity index (χ4n) is 2.92. The summed E-state index contributed by atoms with van der Waals surface area (Å²) in [5.41, 5.74) is 1.28. The van der Waals surface area contributed by atoms with Gasteiger partial charge in [-0.15, -0.1) is 0 Å². The van der Waals surface area contributed by atoms with E-state index in [4.69, 9.17) is 14.2 Å². The van der Waals surface area contributed by atoms with Gasteiger partial charge in [0.1, 0.15) is 17.2 Å². The van der Waals surface area contributed by atoms with Crippen molar-refractivity contribution in [2.24, 2.45) is 0 Å². The molecule has 2 aromatic carbocycles. The summed E-state index contributed by atoms with van der Waals surface area (Å²) in [6.07, 6.45) is 1.38. The maximum absolute atomic E-state index is 12.2. The second-order valence-corrected chi connectivity index (χ2v) is 6.05. The molecule has 0 aliphatic carbocycles. The highest BCUT2D eigenvalue weighted by molar-refractivity contribution is 5.98. The second kappa shape index (κ2) is 8.44. The van der Waals surface area contributed by atoms with Gasteiger partial charge in [-0.2, -0.15) is 0 Å². The topological polar surface area (TPSA) is 77.1 Å². The number of amides is 2. The van der Waals surface area contributed by atoms with Crippen molar-refractivity contribution in [3.63, 3.8) is 0 Å². The van der Waals surface area contributed by atoms with Crippen LogP contribution >= 0.6 is 0 Å². The van der Waals surface area contributed by atoms with E-state index in [1.54, 1.807) is 54.5 Å². The molecular formula is C20H22N2O5. The molecule has 0 unspecified atom stereocenters. The first-order valence-corrected chi connectivity index (χ1v) is 8.66. The number of rotatable bonds is 7. The highest BCUT2D eigenvalue weighted by atomic mass is 16.5. The number of anilines is 2. The van der Waals surface area contributed by atoms with Crippen LogP contribution in [0.2, 0.25) is 0 Å². The van der Waals surface area contributed by atoms with E-state index >= 15 is 0 Å². The Balaban J connectivity index is 1.62. The first-order chi connectivity index (χ1) is 13.1. The second-order valence-electron chi connectivity index (χ2n) is 6.05. The van der Waals surface area contributed by atoms with E-state index in [0.717, 1.165) is 6.42 Å². The van der Waals surface area contributed by atoms with Gasteiger partial charge >= 0.3 is 0 Å². The zero-order valence-electron chi connectivity index (χ0n) is 15.4. The Morgan fingerprint density at radius 2 is 1.93 bits per heavy atom. The van der Waals surface area contributed by atoms with Crippen LogP contribution in [0.1, 0.15) is 12.8 Å². The average molecular weight is 370 g/mol. The molecule has 1 heterocycles. The Morgan fingerprint density at radius 1 is 1.11 bits per heavy atom. The molecule has 7 nitrogen and oxygen atoms in total. The van der Waals surface area contributed by atoms with Gasteiger partial charge in [0, 0.05) is 30.8 Å². The maximum Gasteiger partial charge on any atom is 0.262 e. The van der Waals surface area contributed by atoms with Crippen molar-refractivity contribution in [2.45, 2.75) is 12.8 Å². The molecule has 2 amide bonds. The SMILES string of the molecule is COc1cccc(OCC(=O)Nc2ccc(N3CCCC3=O)c(OC)c2)c1. The molecule has 0 atom stereocenters. The Kier molecular flexibility index (Phi) is 5.80. The summed E-state index contributed by atoms with van der Waals surface area (Å²) in [6.45, 7) is 0.539. The molecule has 3 rings (SSSR count). The van der Waals surface area contributed by atoms with Gasteiger partial charge < -0.3 is 24.4 Å². The van der Waals surface area contributed by atoms with Crippen LogP contribution in [0.3, 0.4) is 0 Å². The molecule has 7 heteroatoms. The van der Waals surface area contributed by atoms with E-state index < -0.39 is 0 Å². The summed E-state index contributed by atoms with van der Waals surface area (Å²) < 4.78 is 16.0. The lowest BCUT2D eigenvalue weighted by molar-refractivity contribution is -0.118. The van der Waals surface area contributed by atoms with E-state index in [2.05, 4.69) is 5.32 Å². The molecular weight excluding hydrogens is 348 g/mol. The minimum absolute atomic E-state index is 0.0803. The molecule has 0 aromatic heterocycles. The molecule has 27 heavy (non-hydrogen) atoms. The Morgan fingerprint density at radius 3 is 2.63 bits per heavy atom. The molecule has 0 bridgehead atoms. The molecule has 1 aliphatic rings. The first kappa shape index (κ1) is 18.6. The van der Waals surface area contributed by atoms with Gasteiger partial charge in [0.2, 0.25) is 5.91 Å². The summed E-state index contributed by atoms with van der Waals surface area (Å²) >= 11 is 0. The minimum atomic E-state index is -0.301. The number of hydrogen-bond donors (Lipinski definition) is 1. The maximum atomic E-state index is 12.2. The number of nitrogens with zero attached hydrogens (tertiary/aromatic N) is 1. The van der Waals surface area contributed by atoms with Crippen LogP contribution in [0.15, 0.2) is 42.5 Å². The predicted molar refractivity (Wildman–Crippen MR) is 102 cm³/mol. The van der Waals surface area contributed by atoms with E-state index in [1.165, 1.54) is 7.11 Å². The standard InChI is InChI=1S/C20H22N2O5/c1-25-15-5-3-6-16(12-15)27-13-19(23)21-14-8-9-17(18(11-14)26-2)22-10-4-7-20(22)24/h3,5-6,8-9,11-12H,4,7,10,13H2,1-2H3,(H,21,23). The lowest BCUT2D eigenvalue weighted by Gasteiger charge is -2.19. The summed E-state index contributed by atoms with van der Waals surface area (Å²) in [4.78, 5) is 25.8. The number of benzene rings is 2. The largest absolute Gasteiger partial charge is 0.497 e. The quantitative estimate of drug-likeness (QED) is 0.811. The van der Waals surface area contributed by atoms with E-state index in [0.29, 0.717) is 41.6 Å². The van der Waals surface area contributed by atoms with Crippen LogP contribution in [0.5, 0.6) is 17.2 Å². The van der Waals surface area contributed by atoms with Gasteiger partial charge in [0.25, 0.3) is 5.91 Å². The smallest absolute Gasteiger partial charge is 0.262 e. The van der Waals surface area contributed by atoms with Gasteiger partial charge in [-0.05, 0) is 30.7 Å². The lowest BCUT2D eigenvalue weighted by Crippen LogP contribution is -2.24. The van der Waals surface area contributed by atoms with Crippen molar-refractivity contribution in [2.75, 3.05) is 37.6 Å². The van der Waals surface area contributed by atoms with Crippen LogP contribution < -0.4 is 24.4 Å². The summed E-state index contributed by atoms with van der Waals surface area (Å²) in [7, 11) is 3.11. The monoisotopic (exact) mass is 370 g/mol. The molecule has 0 radical (unpaired) electrons. The highest BCUT2D eigenvalue weighted by Crippen LogP contribution is 2.33. The summed E-state index contributed by atoms with van der Waals surface area (Å²) in [5, 5.41) is 2.77. The molecule has 0 saturated carbocycles.